The molecule has 0 aromatic carbocycles. The first kappa shape index (κ1) is 8.04. The fourth-order valence-corrected chi connectivity index (χ4v) is 1.12. The smallest absolute Gasteiger partial charge is 0.303 e. The van der Waals surface area contributed by atoms with Crippen LogP contribution in [0.25, 0.3) is 0 Å². The summed E-state index contributed by atoms with van der Waals surface area (Å²) in [5.74, 6) is -0.591. The number of rotatable bonds is 1. The minimum atomic E-state index is -0.567. The van der Waals surface area contributed by atoms with Gasteiger partial charge in [-0.3, -0.25) is 9.59 Å². The molecule has 1 aliphatic rings. The number of hydrogen-bond acceptors (Lipinski definition) is 3. The van der Waals surface area contributed by atoms with Crippen molar-refractivity contribution in [3.63, 3.8) is 0 Å². The molecule has 0 aromatic rings. The zero-order valence-electron chi connectivity index (χ0n) is 6.59. The van der Waals surface area contributed by atoms with Crippen LogP contribution in [0.2, 0.25) is 0 Å². The number of esters is 1. The van der Waals surface area contributed by atoms with Crippen LogP contribution in [-0.2, 0) is 14.3 Å². The van der Waals surface area contributed by atoms with E-state index in [1.54, 1.807) is 0 Å². The van der Waals surface area contributed by atoms with E-state index in [0.29, 0.717) is 6.42 Å². The Morgan fingerprint density at radius 3 is 2.73 bits per heavy atom. The van der Waals surface area contributed by atoms with Crippen LogP contribution in [0.4, 0.5) is 0 Å². The van der Waals surface area contributed by atoms with Crippen LogP contribution in [0.5, 0.6) is 0 Å². The molecule has 1 amide bonds. The van der Waals surface area contributed by atoms with Gasteiger partial charge in [0.2, 0.25) is 0 Å². The lowest BCUT2D eigenvalue weighted by Crippen LogP contribution is -2.28. The van der Waals surface area contributed by atoms with Crippen molar-refractivity contribution in [2.45, 2.75) is 32.4 Å². The van der Waals surface area contributed by atoms with Gasteiger partial charge in [0.25, 0.3) is 5.91 Å². The SMILES string of the molecule is CC(=O)O[C@@H]1C[C@H](C)NC1=O. The third kappa shape index (κ3) is 1.93. The fourth-order valence-electron chi connectivity index (χ4n) is 1.12. The quantitative estimate of drug-likeness (QED) is 0.537. The topological polar surface area (TPSA) is 55.4 Å². The summed E-state index contributed by atoms with van der Waals surface area (Å²) in [4.78, 5) is 21.4. The zero-order valence-corrected chi connectivity index (χ0v) is 6.59. The van der Waals surface area contributed by atoms with Crippen LogP contribution >= 0.6 is 0 Å². The van der Waals surface area contributed by atoms with Crippen LogP contribution in [0.1, 0.15) is 20.3 Å². The second-order valence-corrected chi connectivity index (χ2v) is 2.74. The number of hydrogen-bond donors (Lipinski definition) is 1. The standard InChI is InChI=1S/C7H11NO3/c1-4-3-6(7(10)8-4)11-5(2)9/h4,6H,3H2,1-2H3,(H,8,10)/t4-,6+/m0/s1. The Morgan fingerprint density at radius 2 is 2.36 bits per heavy atom. The molecular formula is C7H11NO3. The van der Waals surface area contributed by atoms with E-state index in [-0.39, 0.29) is 11.9 Å². The predicted molar refractivity (Wildman–Crippen MR) is 37.8 cm³/mol. The summed E-state index contributed by atoms with van der Waals surface area (Å²) in [5, 5.41) is 2.66. The van der Waals surface area contributed by atoms with Crippen LogP contribution in [0.3, 0.4) is 0 Å². The molecule has 4 heteroatoms. The molecule has 0 bridgehead atoms. The van der Waals surface area contributed by atoms with Crippen molar-refractivity contribution < 1.29 is 14.3 Å². The number of nitrogens with one attached hydrogen (secondary N) is 1. The summed E-state index contributed by atoms with van der Waals surface area (Å²) in [6.45, 7) is 3.18. The summed E-state index contributed by atoms with van der Waals surface area (Å²) < 4.78 is 4.74. The van der Waals surface area contributed by atoms with Crippen LogP contribution in [0, 0.1) is 0 Å². The average Bonchev–Trinajstić information content (AvgIpc) is 2.09. The van der Waals surface area contributed by atoms with Crippen LogP contribution in [0.15, 0.2) is 0 Å². The Labute approximate surface area is 64.9 Å². The third-order valence-electron chi connectivity index (χ3n) is 1.56. The monoisotopic (exact) mass is 157 g/mol. The lowest BCUT2D eigenvalue weighted by molar-refractivity contribution is -0.151. The molecular weight excluding hydrogens is 146 g/mol. The number of ether oxygens (including phenoxy) is 1. The van der Waals surface area contributed by atoms with Gasteiger partial charge in [-0.15, -0.1) is 0 Å². The maximum atomic E-state index is 10.9. The molecule has 0 saturated carbocycles. The molecule has 0 radical (unpaired) electrons. The van der Waals surface area contributed by atoms with Gasteiger partial charge in [-0.25, -0.2) is 0 Å². The molecule has 2 atom stereocenters. The van der Waals surface area contributed by atoms with Crippen molar-refractivity contribution >= 4 is 11.9 Å². The molecule has 11 heavy (non-hydrogen) atoms. The second-order valence-electron chi connectivity index (χ2n) is 2.74. The molecule has 0 spiro atoms. The van der Waals surface area contributed by atoms with Gasteiger partial charge < -0.3 is 10.1 Å². The van der Waals surface area contributed by atoms with E-state index >= 15 is 0 Å². The largest absolute Gasteiger partial charge is 0.452 e. The van der Waals surface area contributed by atoms with Crippen molar-refractivity contribution in [3.8, 4) is 0 Å². The minimum Gasteiger partial charge on any atom is -0.452 e. The fraction of sp³-hybridized carbons (Fsp3) is 0.714. The van der Waals surface area contributed by atoms with E-state index in [1.807, 2.05) is 6.92 Å². The first-order chi connectivity index (χ1) is 5.09. The summed E-state index contributed by atoms with van der Waals surface area (Å²) >= 11 is 0. The molecule has 1 N–H and O–H groups in total. The predicted octanol–water partition coefficient (Wildman–Crippen LogP) is -0.173. The van der Waals surface area contributed by atoms with E-state index in [0.717, 1.165) is 0 Å². The average molecular weight is 157 g/mol. The summed E-state index contributed by atoms with van der Waals surface area (Å²) in [5.41, 5.74) is 0. The molecule has 1 saturated heterocycles. The van der Waals surface area contributed by atoms with E-state index in [1.165, 1.54) is 6.92 Å². The van der Waals surface area contributed by atoms with Gasteiger partial charge in [-0.1, -0.05) is 0 Å². The summed E-state index contributed by atoms with van der Waals surface area (Å²) in [7, 11) is 0. The molecule has 1 rings (SSSR count). The lowest BCUT2D eigenvalue weighted by atomic mass is 10.2. The van der Waals surface area contributed by atoms with Gasteiger partial charge in [-0.2, -0.15) is 0 Å². The van der Waals surface area contributed by atoms with Gasteiger partial charge in [0, 0.05) is 19.4 Å². The highest BCUT2D eigenvalue weighted by Crippen LogP contribution is 2.10. The summed E-state index contributed by atoms with van der Waals surface area (Å²) in [6.07, 6.45) is 0.0146. The maximum Gasteiger partial charge on any atom is 0.303 e. The zero-order chi connectivity index (χ0) is 8.43. The highest BCUT2D eigenvalue weighted by molar-refractivity contribution is 5.85. The molecule has 0 aromatic heterocycles. The van der Waals surface area contributed by atoms with Crippen molar-refractivity contribution in [1.29, 1.82) is 0 Å². The number of amides is 1. The molecule has 4 nitrogen and oxygen atoms in total. The van der Waals surface area contributed by atoms with Gasteiger partial charge in [0.15, 0.2) is 6.10 Å². The van der Waals surface area contributed by atoms with E-state index in [4.69, 9.17) is 4.74 Å². The van der Waals surface area contributed by atoms with Gasteiger partial charge in [0.1, 0.15) is 0 Å². The third-order valence-corrected chi connectivity index (χ3v) is 1.56. The van der Waals surface area contributed by atoms with Crippen molar-refractivity contribution in [3.05, 3.63) is 0 Å². The number of carbonyl (C=O) groups is 2. The van der Waals surface area contributed by atoms with Crippen LogP contribution < -0.4 is 5.32 Å². The van der Waals surface area contributed by atoms with Gasteiger partial charge >= 0.3 is 5.97 Å². The lowest BCUT2D eigenvalue weighted by Gasteiger charge is -2.05. The Bertz CT molecular complexity index is 190. The van der Waals surface area contributed by atoms with Gasteiger partial charge in [0.05, 0.1) is 0 Å². The Hall–Kier alpha value is -1.06. The normalized spacial score (nSPS) is 29.8. The Kier molecular flexibility index (Phi) is 2.12. The van der Waals surface area contributed by atoms with Crippen molar-refractivity contribution in [2.24, 2.45) is 0 Å². The summed E-state index contributed by atoms with van der Waals surface area (Å²) in [6, 6.07) is 0.117. The molecule has 0 aliphatic carbocycles. The van der Waals surface area contributed by atoms with E-state index in [2.05, 4.69) is 5.32 Å². The first-order valence-electron chi connectivity index (χ1n) is 3.57. The molecule has 1 fully saturated rings. The Balaban J connectivity index is 2.47. The van der Waals surface area contributed by atoms with Gasteiger partial charge in [-0.05, 0) is 6.92 Å². The number of carbonyl (C=O) groups excluding carboxylic acids is 2. The molecule has 62 valence electrons. The molecule has 1 aliphatic heterocycles. The second kappa shape index (κ2) is 2.90. The molecule has 1 heterocycles. The van der Waals surface area contributed by atoms with E-state index < -0.39 is 12.1 Å². The Morgan fingerprint density at radius 1 is 1.73 bits per heavy atom. The first-order valence-corrected chi connectivity index (χ1v) is 3.57. The van der Waals surface area contributed by atoms with Crippen LogP contribution in [-0.4, -0.2) is 24.0 Å². The highest BCUT2D eigenvalue weighted by Gasteiger charge is 2.31. The molecule has 0 unspecified atom stereocenters. The van der Waals surface area contributed by atoms with Crippen molar-refractivity contribution in [2.75, 3.05) is 0 Å². The van der Waals surface area contributed by atoms with Crippen molar-refractivity contribution in [1.82, 2.24) is 5.32 Å². The maximum absolute atomic E-state index is 10.9. The highest BCUT2D eigenvalue weighted by atomic mass is 16.5. The minimum absolute atomic E-state index is 0.117. The van der Waals surface area contributed by atoms with E-state index in [9.17, 15) is 9.59 Å².